The Morgan fingerprint density at radius 3 is 2.37 bits per heavy atom. The summed E-state index contributed by atoms with van der Waals surface area (Å²) < 4.78 is 33.1. The number of nitrogens with one attached hydrogen (secondary N) is 1. The lowest BCUT2D eigenvalue weighted by atomic mass is 9.95. The van der Waals surface area contributed by atoms with E-state index in [0.717, 1.165) is 46.0 Å². The van der Waals surface area contributed by atoms with Gasteiger partial charge in [0.05, 0.1) is 23.3 Å². The molecule has 1 aliphatic carbocycles. The third-order valence-corrected chi connectivity index (χ3v) is 9.07. The van der Waals surface area contributed by atoms with Crippen LogP contribution in [0, 0.1) is 6.92 Å². The summed E-state index contributed by atoms with van der Waals surface area (Å²) in [6.07, 6.45) is 3.55. The van der Waals surface area contributed by atoms with Crippen molar-refractivity contribution in [3.05, 3.63) is 75.1 Å². The van der Waals surface area contributed by atoms with Crippen molar-refractivity contribution in [3.63, 3.8) is 0 Å². The lowest BCUT2D eigenvalue weighted by Gasteiger charge is -2.24. The number of carbonyl (C=O) groups excluding carboxylic acids is 2. The van der Waals surface area contributed by atoms with Crippen LogP contribution >= 0.6 is 22.9 Å². The highest BCUT2D eigenvalue weighted by Crippen LogP contribution is 2.38. The highest BCUT2D eigenvalue weighted by molar-refractivity contribution is 7.92. The summed E-state index contributed by atoms with van der Waals surface area (Å²) in [4.78, 5) is 26.8. The molecule has 1 amide bonds. The number of fused-ring (bicyclic) bond motifs is 1. The number of aryl methyl sites for hydroxylation is 2. The number of esters is 1. The van der Waals surface area contributed by atoms with Crippen LogP contribution in [0.1, 0.15) is 39.2 Å². The Labute approximate surface area is 213 Å². The quantitative estimate of drug-likeness (QED) is 0.422. The number of nitrogens with zero attached hydrogens (tertiary/aromatic N) is 1. The van der Waals surface area contributed by atoms with Crippen LogP contribution in [0.3, 0.4) is 0 Å². The predicted molar refractivity (Wildman–Crippen MR) is 138 cm³/mol. The smallest absolute Gasteiger partial charge is 0.341 e. The van der Waals surface area contributed by atoms with Crippen LogP contribution in [0.2, 0.25) is 5.02 Å². The fraction of sp³-hybridized carbons (Fsp3) is 0.280. The number of hydrogen-bond acceptors (Lipinski definition) is 6. The fourth-order valence-electron chi connectivity index (χ4n) is 4.03. The fourth-order valence-corrected chi connectivity index (χ4v) is 6.87. The number of anilines is 2. The van der Waals surface area contributed by atoms with E-state index in [9.17, 15) is 18.0 Å². The Kier molecular flexibility index (Phi) is 7.49. The molecule has 35 heavy (non-hydrogen) atoms. The molecule has 0 atom stereocenters. The molecule has 2 aromatic carbocycles. The summed E-state index contributed by atoms with van der Waals surface area (Å²) in [7, 11) is -2.77. The molecule has 7 nitrogen and oxygen atoms in total. The molecule has 1 heterocycles. The van der Waals surface area contributed by atoms with Crippen molar-refractivity contribution in [2.45, 2.75) is 37.5 Å². The summed E-state index contributed by atoms with van der Waals surface area (Å²) in [6.45, 7) is 1.42. The average Bonchev–Trinajstić information content (AvgIpc) is 3.20. The zero-order valence-electron chi connectivity index (χ0n) is 19.3. The predicted octanol–water partition coefficient (Wildman–Crippen LogP) is 5.21. The van der Waals surface area contributed by atoms with Gasteiger partial charge in [0.25, 0.3) is 10.0 Å². The molecule has 1 aromatic heterocycles. The molecule has 1 N–H and O–H groups in total. The molecule has 0 fully saturated rings. The summed E-state index contributed by atoms with van der Waals surface area (Å²) in [5.41, 5.74) is 2.57. The summed E-state index contributed by atoms with van der Waals surface area (Å²) >= 11 is 7.29. The van der Waals surface area contributed by atoms with Crippen LogP contribution in [-0.2, 0) is 32.4 Å². The van der Waals surface area contributed by atoms with Crippen LogP contribution in [0.15, 0.2) is 53.4 Å². The van der Waals surface area contributed by atoms with Gasteiger partial charge in [-0.15, -0.1) is 11.3 Å². The standard InChI is InChI=1S/C25H25ClN2O5S2/c1-16-7-11-18(12-8-16)28(35(31,32)19-13-9-17(26)10-14-19)15-22(29)27-24-23(25(30)33-2)20-5-3-4-6-21(20)34-24/h7-14H,3-6,15H2,1-2H3,(H,27,29). The van der Waals surface area contributed by atoms with E-state index in [0.29, 0.717) is 21.3 Å². The Morgan fingerprint density at radius 2 is 1.71 bits per heavy atom. The first-order valence-corrected chi connectivity index (χ1v) is 13.7. The van der Waals surface area contributed by atoms with Crippen molar-refractivity contribution in [1.82, 2.24) is 0 Å². The zero-order chi connectivity index (χ0) is 25.2. The highest BCUT2D eigenvalue weighted by atomic mass is 35.5. The van der Waals surface area contributed by atoms with Crippen molar-refractivity contribution in [1.29, 1.82) is 0 Å². The second-order valence-corrected chi connectivity index (χ2v) is 11.7. The first-order valence-electron chi connectivity index (χ1n) is 11.1. The monoisotopic (exact) mass is 532 g/mol. The van der Waals surface area contributed by atoms with Crippen molar-refractivity contribution in [2.24, 2.45) is 0 Å². The molecule has 0 radical (unpaired) electrons. The van der Waals surface area contributed by atoms with E-state index < -0.39 is 28.4 Å². The molecule has 0 spiro atoms. The minimum Gasteiger partial charge on any atom is -0.465 e. The maximum atomic E-state index is 13.5. The topological polar surface area (TPSA) is 92.8 Å². The van der Waals surface area contributed by atoms with E-state index >= 15 is 0 Å². The average molecular weight is 533 g/mol. The summed E-state index contributed by atoms with van der Waals surface area (Å²) in [5.74, 6) is -1.07. The molecule has 1 aliphatic rings. The first kappa shape index (κ1) is 25.2. The van der Waals surface area contributed by atoms with Crippen LogP contribution in [-0.4, -0.2) is 33.9 Å². The molecule has 184 valence electrons. The Hall–Kier alpha value is -2.88. The van der Waals surface area contributed by atoms with E-state index in [1.165, 1.54) is 42.7 Å². The lowest BCUT2D eigenvalue weighted by molar-refractivity contribution is -0.114. The van der Waals surface area contributed by atoms with Gasteiger partial charge in [-0.25, -0.2) is 13.2 Å². The molecule has 0 saturated carbocycles. The third-order valence-electron chi connectivity index (χ3n) is 5.82. The molecule has 0 unspecified atom stereocenters. The van der Waals surface area contributed by atoms with Crippen LogP contribution in [0.25, 0.3) is 0 Å². The largest absolute Gasteiger partial charge is 0.465 e. The van der Waals surface area contributed by atoms with Gasteiger partial charge < -0.3 is 10.1 Å². The SMILES string of the molecule is COC(=O)c1c(NC(=O)CN(c2ccc(C)cc2)S(=O)(=O)c2ccc(Cl)cc2)sc2c1CCCC2. The maximum absolute atomic E-state index is 13.5. The third kappa shape index (κ3) is 5.37. The van der Waals surface area contributed by atoms with Gasteiger partial charge in [0.2, 0.25) is 5.91 Å². The number of halogens is 1. The van der Waals surface area contributed by atoms with E-state index in [2.05, 4.69) is 5.32 Å². The number of sulfonamides is 1. The number of benzene rings is 2. The molecule has 3 aromatic rings. The normalized spacial score (nSPS) is 13.1. The molecule has 10 heteroatoms. The Morgan fingerprint density at radius 1 is 1.06 bits per heavy atom. The number of amides is 1. The van der Waals surface area contributed by atoms with Crippen LogP contribution < -0.4 is 9.62 Å². The van der Waals surface area contributed by atoms with Gasteiger partial charge in [-0.3, -0.25) is 9.10 Å². The molecular weight excluding hydrogens is 508 g/mol. The van der Waals surface area contributed by atoms with Crippen LogP contribution in [0.5, 0.6) is 0 Å². The van der Waals surface area contributed by atoms with E-state index in [4.69, 9.17) is 16.3 Å². The minimum absolute atomic E-state index is 0.0112. The molecule has 4 rings (SSSR count). The summed E-state index contributed by atoms with van der Waals surface area (Å²) in [5, 5.41) is 3.57. The number of methoxy groups -OCH3 is 1. The lowest BCUT2D eigenvalue weighted by Crippen LogP contribution is -2.38. The maximum Gasteiger partial charge on any atom is 0.341 e. The second kappa shape index (κ2) is 10.4. The van der Waals surface area contributed by atoms with Crippen molar-refractivity contribution >= 4 is 55.5 Å². The molecule has 0 aliphatic heterocycles. The number of rotatable bonds is 7. The van der Waals surface area contributed by atoms with Gasteiger partial charge in [-0.2, -0.15) is 0 Å². The highest BCUT2D eigenvalue weighted by Gasteiger charge is 2.30. The number of ether oxygens (including phenoxy) is 1. The number of thiophene rings is 1. The van der Waals surface area contributed by atoms with Gasteiger partial charge in [0, 0.05) is 9.90 Å². The second-order valence-electron chi connectivity index (χ2n) is 8.26. The number of hydrogen-bond donors (Lipinski definition) is 1. The zero-order valence-corrected chi connectivity index (χ0v) is 21.7. The van der Waals surface area contributed by atoms with Gasteiger partial charge >= 0.3 is 5.97 Å². The van der Waals surface area contributed by atoms with E-state index in [1.54, 1.807) is 24.3 Å². The van der Waals surface area contributed by atoms with Gasteiger partial charge in [0.1, 0.15) is 11.5 Å². The van der Waals surface area contributed by atoms with Crippen LogP contribution in [0.4, 0.5) is 10.7 Å². The van der Waals surface area contributed by atoms with Gasteiger partial charge in [-0.05, 0) is 74.6 Å². The van der Waals surface area contributed by atoms with Gasteiger partial charge in [0.15, 0.2) is 0 Å². The Balaban J connectivity index is 1.67. The minimum atomic E-state index is -4.08. The molecular formula is C25H25ClN2O5S2. The van der Waals surface area contributed by atoms with Crippen molar-refractivity contribution < 1.29 is 22.7 Å². The van der Waals surface area contributed by atoms with Crippen molar-refractivity contribution in [3.8, 4) is 0 Å². The first-order chi connectivity index (χ1) is 16.7. The Bertz CT molecular complexity index is 1350. The molecule has 0 bridgehead atoms. The summed E-state index contributed by atoms with van der Waals surface area (Å²) in [6, 6.07) is 12.6. The van der Waals surface area contributed by atoms with Gasteiger partial charge in [-0.1, -0.05) is 29.3 Å². The van der Waals surface area contributed by atoms with E-state index in [-0.39, 0.29) is 4.90 Å². The van der Waals surface area contributed by atoms with Crippen molar-refractivity contribution in [2.75, 3.05) is 23.3 Å². The number of carbonyl (C=O) groups is 2. The molecule has 0 saturated heterocycles. The van der Waals surface area contributed by atoms with E-state index in [1.807, 2.05) is 6.92 Å².